The van der Waals surface area contributed by atoms with Gasteiger partial charge in [-0.05, 0) is 19.4 Å². The van der Waals surface area contributed by atoms with E-state index in [0.29, 0.717) is 18.7 Å². The molecule has 1 heterocycles. The highest BCUT2D eigenvalue weighted by Gasteiger charge is 2.22. The first kappa shape index (κ1) is 15.8. The van der Waals surface area contributed by atoms with Crippen molar-refractivity contribution in [2.45, 2.75) is 18.9 Å². The maximum absolute atomic E-state index is 13.4. The molecule has 0 saturated carbocycles. The summed E-state index contributed by atoms with van der Waals surface area (Å²) in [7, 11) is 0. The highest BCUT2D eigenvalue weighted by molar-refractivity contribution is 5.95. The van der Waals surface area contributed by atoms with E-state index in [1.165, 1.54) is 0 Å². The van der Waals surface area contributed by atoms with E-state index in [1.807, 2.05) is 0 Å². The Labute approximate surface area is 115 Å². The van der Waals surface area contributed by atoms with Crippen molar-refractivity contribution in [1.29, 1.82) is 0 Å². The Bertz CT molecular complexity index is 441. The van der Waals surface area contributed by atoms with E-state index < -0.39 is 28.9 Å². The summed E-state index contributed by atoms with van der Waals surface area (Å²) in [4.78, 5) is 11.7. The zero-order valence-electron chi connectivity index (χ0n) is 10.0. The highest BCUT2D eigenvalue weighted by atomic mass is 35.5. The minimum Gasteiger partial charge on any atom is -0.348 e. The summed E-state index contributed by atoms with van der Waals surface area (Å²) in [6.07, 6.45) is 1.64. The molecule has 106 valence electrons. The fraction of sp³-hybridized carbons (Fsp3) is 0.417. The summed E-state index contributed by atoms with van der Waals surface area (Å²) < 4.78 is 39.4. The number of amides is 1. The maximum Gasteiger partial charge on any atom is 0.257 e. The Morgan fingerprint density at radius 3 is 2.42 bits per heavy atom. The van der Waals surface area contributed by atoms with E-state index in [1.54, 1.807) is 0 Å². The van der Waals surface area contributed by atoms with Crippen LogP contribution in [-0.4, -0.2) is 25.0 Å². The molecule has 2 rings (SSSR count). The number of hydrogen-bond acceptors (Lipinski definition) is 2. The second kappa shape index (κ2) is 6.77. The van der Waals surface area contributed by atoms with Crippen LogP contribution in [0.1, 0.15) is 23.2 Å². The van der Waals surface area contributed by atoms with Crippen LogP contribution in [0.4, 0.5) is 13.2 Å². The van der Waals surface area contributed by atoms with Gasteiger partial charge in [-0.3, -0.25) is 4.79 Å². The SMILES string of the molecule is Cl.O=C(NC1CCCNC1)c1c(F)cc(F)cc1F. The Balaban J connectivity index is 0.00000180. The van der Waals surface area contributed by atoms with Crippen LogP contribution in [0, 0.1) is 17.5 Å². The molecule has 19 heavy (non-hydrogen) atoms. The van der Waals surface area contributed by atoms with Crippen molar-refractivity contribution in [3.8, 4) is 0 Å². The standard InChI is InChI=1S/C12H13F3N2O.ClH/c13-7-4-9(14)11(10(15)5-7)12(18)17-8-2-1-3-16-6-8;/h4-5,8,16H,1-3,6H2,(H,17,18);1H. The van der Waals surface area contributed by atoms with E-state index in [0.717, 1.165) is 19.4 Å². The summed E-state index contributed by atoms with van der Waals surface area (Å²) in [5.74, 6) is -4.26. The third-order valence-electron chi connectivity index (χ3n) is 2.87. The number of nitrogens with one attached hydrogen (secondary N) is 2. The van der Waals surface area contributed by atoms with Gasteiger partial charge in [0.25, 0.3) is 5.91 Å². The van der Waals surface area contributed by atoms with Gasteiger partial charge >= 0.3 is 0 Å². The summed E-state index contributed by atoms with van der Waals surface area (Å²) in [5.41, 5.74) is -0.734. The molecule has 3 nitrogen and oxygen atoms in total. The van der Waals surface area contributed by atoms with Gasteiger partial charge in [-0.25, -0.2) is 13.2 Å². The average molecular weight is 295 g/mol. The van der Waals surface area contributed by atoms with Crippen LogP contribution < -0.4 is 10.6 Å². The second-order valence-electron chi connectivity index (χ2n) is 4.26. The van der Waals surface area contributed by atoms with Crippen molar-refractivity contribution in [3.05, 3.63) is 35.1 Å². The lowest BCUT2D eigenvalue weighted by Gasteiger charge is -2.23. The summed E-state index contributed by atoms with van der Waals surface area (Å²) in [5, 5.41) is 5.60. The first-order valence-corrected chi connectivity index (χ1v) is 5.74. The Morgan fingerprint density at radius 1 is 1.26 bits per heavy atom. The zero-order chi connectivity index (χ0) is 13.1. The number of rotatable bonds is 2. The molecule has 0 bridgehead atoms. The van der Waals surface area contributed by atoms with Crippen molar-refractivity contribution >= 4 is 18.3 Å². The smallest absolute Gasteiger partial charge is 0.257 e. The van der Waals surface area contributed by atoms with Crippen LogP contribution in [0.3, 0.4) is 0 Å². The molecule has 1 atom stereocenters. The third-order valence-corrected chi connectivity index (χ3v) is 2.87. The minimum atomic E-state index is -1.19. The van der Waals surface area contributed by atoms with Gasteiger partial charge in [0.15, 0.2) is 0 Å². The second-order valence-corrected chi connectivity index (χ2v) is 4.26. The largest absolute Gasteiger partial charge is 0.348 e. The van der Waals surface area contributed by atoms with Crippen LogP contribution in [-0.2, 0) is 0 Å². The van der Waals surface area contributed by atoms with Crippen molar-refractivity contribution < 1.29 is 18.0 Å². The van der Waals surface area contributed by atoms with Crippen LogP contribution in [0.5, 0.6) is 0 Å². The minimum absolute atomic E-state index is 0. The van der Waals surface area contributed by atoms with Crippen molar-refractivity contribution in [2.75, 3.05) is 13.1 Å². The lowest BCUT2D eigenvalue weighted by Crippen LogP contribution is -2.46. The van der Waals surface area contributed by atoms with Gasteiger partial charge in [-0.2, -0.15) is 0 Å². The van der Waals surface area contributed by atoms with Crippen molar-refractivity contribution in [2.24, 2.45) is 0 Å². The fourth-order valence-corrected chi connectivity index (χ4v) is 1.99. The van der Waals surface area contributed by atoms with E-state index in [9.17, 15) is 18.0 Å². The molecule has 1 amide bonds. The zero-order valence-corrected chi connectivity index (χ0v) is 10.8. The predicted molar refractivity (Wildman–Crippen MR) is 66.9 cm³/mol. The molecule has 1 aliphatic heterocycles. The summed E-state index contributed by atoms with van der Waals surface area (Å²) in [6.45, 7) is 1.43. The van der Waals surface area contributed by atoms with E-state index in [2.05, 4.69) is 10.6 Å². The van der Waals surface area contributed by atoms with Crippen LogP contribution in [0.2, 0.25) is 0 Å². The van der Waals surface area contributed by atoms with Gasteiger partial charge in [0.05, 0.1) is 0 Å². The van der Waals surface area contributed by atoms with Gasteiger partial charge in [0.2, 0.25) is 0 Å². The number of hydrogen-bond donors (Lipinski definition) is 2. The van der Waals surface area contributed by atoms with Crippen molar-refractivity contribution in [3.63, 3.8) is 0 Å². The summed E-state index contributed by atoms with van der Waals surface area (Å²) >= 11 is 0. The number of benzene rings is 1. The average Bonchev–Trinajstić information content (AvgIpc) is 2.28. The number of halogens is 4. The molecule has 0 aromatic heterocycles. The molecule has 0 aliphatic carbocycles. The maximum atomic E-state index is 13.4. The van der Waals surface area contributed by atoms with Gasteiger partial charge in [-0.1, -0.05) is 0 Å². The molecule has 1 aliphatic rings. The molecular formula is C12H14ClF3N2O. The van der Waals surface area contributed by atoms with E-state index >= 15 is 0 Å². The Morgan fingerprint density at radius 2 is 1.89 bits per heavy atom. The van der Waals surface area contributed by atoms with E-state index in [-0.39, 0.29) is 18.4 Å². The molecule has 1 unspecified atom stereocenters. The first-order chi connectivity index (χ1) is 8.58. The molecule has 1 saturated heterocycles. The van der Waals surface area contributed by atoms with Crippen LogP contribution in [0.25, 0.3) is 0 Å². The normalized spacial score (nSPS) is 18.6. The molecule has 1 aromatic carbocycles. The molecule has 2 N–H and O–H groups in total. The quantitative estimate of drug-likeness (QED) is 0.876. The van der Waals surface area contributed by atoms with Crippen LogP contribution >= 0.6 is 12.4 Å². The number of carbonyl (C=O) groups excluding carboxylic acids is 1. The lowest BCUT2D eigenvalue weighted by molar-refractivity contribution is 0.0922. The highest BCUT2D eigenvalue weighted by Crippen LogP contribution is 2.15. The molecular weight excluding hydrogens is 281 g/mol. The molecule has 7 heteroatoms. The molecule has 0 radical (unpaired) electrons. The number of carbonyl (C=O) groups is 1. The lowest BCUT2D eigenvalue weighted by atomic mass is 10.1. The van der Waals surface area contributed by atoms with Crippen molar-refractivity contribution in [1.82, 2.24) is 10.6 Å². The molecule has 0 spiro atoms. The third kappa shape index (κ3) is 3.84. The van der Waals surface area contributed by atoms with Gasteiger partial charge in [0.1, 0.15) is 23.0 Å². The van der Waals surface area contributed by atoms with Gasteiger partial charge in [-0.15, -0.1) is 12.4 Å². The monoisotopic (exact) mass is 294 g/mol. The fourth-order valence-electron chi connectivity index (χ4n) is 1.99. The Kier molecular flexibility index (Phi) is 5.62. The topological polar surface area (TPSA) is 41.1 Å². The Hall–Kier alpha value is -1.27. The molecule has 1 aromatic rings. The van der Waals surface area contributed by atoms with E-state index in [4.69, 9.17) is 0 Å². The number of piperidine rings is 1. The summed E-state index contributed by atoms with van der Waals surface area (Å²) in [6, 6.07) is 0.837. The van der Waals surface area contributed by atoms with Crippen LogP contribution in [0.15, 0.2) is 12.1 Å². The predicted octanol–water partition coefficient (Wildman–Crippen LogP) is 2.01. The van der Waals surface area contributed by atoms with Gasteiger partial charge in [0, 0.05) is 24.7 Å². The molecule has 1 fully saturated rings. The first-order valence-electron chi connectivity index (χ1n) is 5.74. The van der Waals surface area contributed by atoms with Gasteiger partial charge < -0.3 is 10.6 Å².